The lowest BCUT2D eigenvalue weighted by atomic mass is 9.97. The second-order valence-electron chi connectivity index (χ2n) is 4.75. The van der Waals surface area contributed by atoms with Crippen LogP contribution in [0.4, 0.5) is 0 Å². The van der Waals surface area contributed by atoms with Gasteiger partial charge in [0.25, 0.3) is 0 Å². The van der Waals surface area contributed by atoms with Gasteiger partial charge < -0.3 is 5.32 Å². The van der Waals surface area contributed by atoms with Gasteiger partial charge in [0.15, 0.2) is 0 Å². The molecule has 0 amide bonds. The van der Waals surface area contributed by atoms with Crippen LogP contribution in [0.2, 0.25) is 0 Å². The summed E-state index contributed by atoms with van der Waals surface area (Å²) in [5, 5.41) is 3.58. The summed E-state index contributed by atoms with van der Waals surface area (Å²) in [4.78, 5) is 2.51. The molecular weight excluding hydrogens is 240 g/mol. The van der Waals surface area contributed by atoms with Crippen LogP contribution in [0.3, 0.4) is 0 Å². The molecule has 1 heterocycles. The number of hydrogen-bond acceptors (Lipinski definition) is 2. The molecule has 1 fully saturated rings. The molecule has 1 aliphatic heterocycles. The summed E-state index contributed by atoms with van der Waals surface area (Å²) in [6.45, 7) is 13.8. The average Bonchev–Trinajstić information content (AvgIpc) is 2.01. The van der Waals surface area contributed by atoms with E-state index in [4.69, 9.17) is 0 Å². The van der Waals surface area contributed by atoms with E-state index in [2.05, 4.69) is 53.5 Å². The van der Waals surface area contributed by atoms with Gasteiger partial charge in [0.1, 0.15) is 0 Å². The van der Waals surface area contributed by atoms with Gasteiger partial charge in [-0.05, 0) is 20.3 Å². The van der Waals surface area contributed by atoms with Crippen LogP contribution in [0.5, 0.6) is 0 Å². The Hall–Kier alpha value is 0.140. The molecule has 0 aromatic carbocycles. The van der Waals surface area contributed by atoms with E-state index in [0.717, 1.165) is 24.1 Å². The summed E-state index contributed by atoms with van der Waals surface area (Å²) >= 11 is 3.45. The molecule has 82 valence electrons. The Bertz CT molecular complexity index is 213. The summed E-state index contributed by atoms with van der Waals surface area (Å²) in [5.41, 5.74) is 0.230. The Morgan fingerprint density at radius 1 is 1.64 bits per heavy atom. The molecule has 0 spiro atoms. The minimum atomic E-state index is 0.230. The lowest BCUT2D eigenvalue weighted by Crippen LogP contribution is -2.61. The molecule has 1 aliphatic rings. The maximum absolute atomic E-state index is 3.92. The number of piperazine rings is 1. The first-order valence-corrected chi connectivity index (χ1v) is 6.06. The molecule has 0 aromatic rings. The fraction of sp³-hybridized carbons (Fsp3) is 0.818. The largest absolute Gasteiger partial charge is 0.309 e. The summed E-state index contributed by atoms with van der Waals surface area (Å²) in [6, 6.07) is 0.650. The summed E-state index contributed by atoms with van der Waals surface area (Å²) in [5.74, 6) is 0. The van der Waals surface area contributed by atoms with E-state index in [9.17, 15) is 0 Å². The van der Waals surface area contributed by atoms with Gasteiger partial charge in [0, 0.05) is 35.7 Å². The third-order valence-electron chi connectivity index (χ3n) is 2.78. The van der Waals surface area contributed by atoms with Gasteiger partial charge in [-0.1, -0.05) is 29.4 Å². The predicted molar refractivity (Wildman–Crippen MR) is 65.8 cm³/mol. The third-order valence-corrected chi connectivity index (χ3v) is 3.03. The van der Waals surface area contributed by atoms with Crippen molar-refractivity contribution in [1.29, 1.82) is 0 Å². The van der Waals surface area contributed by atoms with Crippen LogP contribution in [-0.4, -0.2) is 36.1 Å². The fourth-order valence-corrected chi connectivity index (χ4v) is 2.35. The van der Waals surface area contributed by atoms with Gasteiger partial charge in [-0.3, -0.25) is 4.90 Å². The van der Waals surface area contributed by atoms with E-state index in [1.807, 2.05) is 0 Å². The Labute approximate surface area is 95.9 Å². The Morgan fingerprint density at radius 3 is 2.79 bits per heavy atom. The lowest BCUT2D eigenvalue weighted by Gasteiger charge is -2.44. The van der Waals surface area contributed by atoms with E-state index in [1.54, 1.807) is 0 Å². The van der Waals surface area contributed by atoms with E-state index in [-0.39, 0.29) is 5.54 Å². The summed E-state index contributed by atoms with van der Waals surface area (Å²) < 4.78 is 1.08. The highest BCUT2D eigenvalue weighted by Crippen LogP contribution is 2.19. The molecule has 0 saturated carbocycles. The minimum Gasteiger partial charge on any atom is -0.309 e. The molecule has 1 rings (SSSR count). The van der Waals surface area contributed by atoms with E-state index < -0.39 is 0 Å². The SMILES string of the molecule is C=C(Br)CN1CC(C)(C)NCC1CC. The number of hydrogen-bond donors (Lipinski definition) is 1. The first-order valence-electron chi connectivity index (χ1n) is 5.27. The first kappa shape index (κ1) is 12.2. The van der Waals surface area contributed by atoms with Crippen molar-refractivity contribution in [3.63, 3.8) is 0 Å². The summed E-state index contributed by atoms with van der Waals surface area (Å²) in [7, 11) is 0. The zero-order chi connectivity index (χ0) is 10.8. The molecular formula is C11H21BrN2. The van der Waals surface area contributed by atoms with Crippen molar-refractivity contribution in [2.24, 2.45) is 0 Å². The second-order valence-corrected chi connectivity index (χ2v) is 5.87. The monoisotopic (exact) mass is 260 g/mol. The highest BCUT2D eigenvalue weighted by molar-refractivity contribution is 9.11. The standard InChI is InChI=1S/C11H21BrN2/c1-5-10-6-13-11(3,4)8-14(10)7-9(2)12/h10,13H,2,5-8H2,1,3-4H3. The van der Waals surface area contributed by atoms with Gasteiger partial charge in [0.05, 0.1) is 0 Å². The third kappa shape index (κ3) is 3.37. The van der Waals surface area contributed by atoms with Crippen molar-refractivity contribution >= 4 is 15.9 Å². The summed E-state index contributed by atoms with van der Waals surface area (Å²) in [6.07, 6.45) is 1.20. The fourth-order valence-electron chi connectivity index (χ4n) is 2.02. The maximum Gasteiger partial charge on any atom is 0.0298 e. The van der Waals surface area contributed by atoms with E-state index >= 15 is 0 Å². The molecule has 0 aliphatic carbocycles. The zero-order valence-electron chi connectivity index (χ0n) is 9.44. The lowest BCUT2D eigenvalue weighted by molar-refractivity contribution is 0.104. The van der Waals surface area contributed by atoms with Gasteiger partial charge in [0.2, 0.25) is 0 Å². The van der Waals surface area contributed by atoms with Gasteiger partial charge in [-0.2, -0.15) is 0 Å². The van der Waals surface area contributed by atoms with E-state index in [1.165, 1.54) is 6.42 Å². The van der Waals surface area contributed by atoms with E-state index in [0.29, 0.717) is 6.04 Å². The Morgan fingerprint density at radius 2 is 2.29 bits per heavy atom. The molecule has 0 radical (unpaired) electrons. The number of nitrogens with zero attached hydrogens (tertiary/aromatic N) is 1. The molecule has 1 saturated heterocycles. The highest BCUT2D eigenvalue weighted by atomic mass is 79.9. The predicted octanol–water partition coefficient (Wildman–Crippen LogP) is 2.36. The molecule has 2 nitrogen and oxygen atoms in total. The maximum atomic E-state index is 3.92. The Balaban J connectivity index is 2.60. The molecule has 3 heteroatoms. The van der Waals surface area contributed by atoms with Crippen LogP contribution in [0.15, 0.2) is 11.1 Å². The zero-order valence-corrected chi connectivity index (χ0v) is 11.0. The second kappa shape index (κ2) is 4.77. The van der Waals surface area contributed by atoms with Crippen molar-refractivity contribution in [3.05, 3.63) is 11.1 Å². The van der Waals surface area contributed by atoms with Crippen molar-refractivity contribution in [2.45, 2.75) is 38.8 Å². The quantitative estimate of drug-likeness (QED) is 0.839. The normalized spacial score (nSPS) is 27.6. The topological polar surface area (TPSA) is 15.3 Å². The number of rotatable bonds is 3. The van der Waals surface area contributed by atoms with Crippen LogP contribution < -0.4 is 5.32 Å². The molecule has 0 aromatic heterocycles. The smallest absolute Gasteiger partial charge is 0.0298 e. The number of halogens is 1. The van der Waals surface area contributed by atoms with Crippen molar-refractivity contribution in [1.82, 2.24) is 10.2 Å². The molecule has 1 atom stereocenters. The van der Waals surface area contributed by atoms with Crippen LogP contribution >= 0.6 is 15.9 Å². The van der Waals surface area contributed by atoms with Crippen molar-refractivity contribution in [3.8, 4) is 0 Å². The highest BCUT2D eigenvalue weighted by Gasteiger charge is 2.31. The molecule has 0 bridgehead atoms. The van der Waals surface area contributed by atoms with Gasteiger partial charge >= 0.3 is 0 Å². The van der Waals surface area contributed by atoms with Gasteiger partial charge in [-0.15, -0.1) is 0 Å². The Kier molecular flexibility index (Phi) is 4.16. The average molecular weight is 261 g/mol. The van der Waals surface area contributed by atoms with Crippen LogP contribution in [0.25, 0.3) is 0 Å². The van der Waals surface area contributed by atoms with Crippen LogP contribution in [-0.2, 0) is 0 Å². The minimum absolute atomic E-state index is 0.230. The molecule has 1 N–H and O–H groups in total. The van der Waals surface area contributed by atoms with Crippen LogP contribution in [0.1, 0.15) is 27.2 Å². The molecule has 1 unspecified atom stereocenters. The van der Waals surface area contributed by atoms with Crippen molar-refractivity contribution < 1.29 is 0 Å². The molecule has 14 heavy (non-hydrogen) atoms. The van der Waals surface area contributed by atoms with Gasteiger partial charge in [-0.25, -0.2) is 0 Å². The van der Waals surface area contributed by atoms with Crippen LogP contribution in [0, 0.1) is 0 Å². The first-order chi connectivity index (χ1) is 6.44. The number of nitrogens with one attached hydrogen (secondary N) is 1. The van der Waals surface area contributed by atoms with Crippen molar-refractivity contribution in [2.75, 3.05) is 19.6 Å².